The van der Waals surface area contributed by atoms with Crippen LogP contribution in [0.3, 0.4) is 0 Å². The zero-order chi connectivity index (χ0) is 24.6. The van der Waals surface area contributed by atoms with Crippen molar-refractivity contribution in [3.05, 3.63) is 119 Å². The molecular weight excluding hydrogens is 440 g/mol. The Morgan fingerprint density at radius 2 is 1.46 bits per heavy atom. The van der Waals surface area contributed by atoms with Crippen LogP contribution < -0.4 is 9.47 Å². The number of hydrogen-bond donors (Lipinski definition) is 1. The number of benzene rings is 3. The van der Waals surface area contributed by atoms with Crippen LogP contribution in [0.2, 0.25) is 0 Å². The molecule has 0 aliphatic heterocycles. The Balaban J connectivity index is 1.47. The van der Waals surface area contributed by atoms with E-state index in [2.05, 4.69) is 6.92 Å². The maximum absolute atomic E-state index is 11.2. The van der Waals surface area contributed by atoms with Crippen LogP contribution in [0.15, 0.2) is 102 Å². The largest absolute Gasteiger partial charge is 0.498 e. The summed E-state index contributed by atoms with van der Waals surface area (Å²) in [5.41, 5.74) is 3.64. The van der Waals surface area contributed by atoms with Gasteiger partial charge in [-0.15, -0.1) is 0 Å². The highest BCUT2D eigenvalue weighted by Crippen LogP contribution is 2.37. The van der Waals surface area contributed by atoms with Crippen LogP contribution in [-0.4, -0.2) is 25.4 Å². The van der Waals surface area contributed by atoms with Crippen molar-refractivity contribution in [2.24, 2.45) is 5.92 Å². The Kier molecular flexibility index (Phi) is 8.24. The first-order valence-electron chi connectivity index (χ1n) is 11.7. The van der Waals surface area contributed by atoms with Crippen molar-refractivity contribution >= 4 is 0 Å². The smallest absolute Gasteiger partial charge is 0.161 e. The van der Waals surface area contributed by atoms with E-state index in [0.717, 1.165) is 16.7 Å². The summed E-state index contributed by atoms with van der Waals surface area (Å²) in [6.45, 7) is 2.99. The SMILES string of the molecule is COC1=CC(C(O)c2ccc(OCc3ccccc3)c(OC)c2)=CC(C)C1OCc1ccccc1. The van der Waals surface area contributed by atoms with E-state index in [1.807, 2.05) is 91.0 Å². The van der Waals surface area contributed by atoms with Crippen LogP contribution in [0, 0.1) is 5.92 Å². The molecule has 0 heterocycles. The molecule has 0 spiro atoms. The number of ether oxygens (including phenoxy) is 4. The minimum Gasteiger partial charge on any atom is -0.498 e. The molecule has 182 valence electrons. The molecule has 0 radical (unpaired) electrons. The Morgan fingerprint density at radius 3 is 2.09 bits per heavy atom. The molecular formula is C30H32O5. The van der Waals surface area contributed by atoms with E-state index < -0.39 is 6.10 Å². The third-order valence-corrected chi connectivity index (χ3v) is 6.09. The highest BCUT2D eigenvalue weighted by Gasteiger charge is 2.29. The summed E-state index contributed by atoms with van der Waals surface area (Å²) in [7, 11) is 3.23. The lowest BCUT2D eigenvalue weighted by atomic mass is 9.88. The quantitative estimate of drug-likeness (QED) is 0.392. The average molecular weight is 473 g/mol. The standard InChI is InChI=1S/C30H32O5/c1-21-16-25(18-28(33-3)30(21)35-20-23-12-8-5-9-13-23)29(31)24-14-15-26(27(17-24)32-2)34-19-22-10-6-4-7-11-22/h4-18,21,29-31H,19-20H2,1-3H3. The van der Waals surface area contributed by atoms with E-state index in [0.29, 0.717) is 36.0 Å². The first-order chi connectivity index (χ1) is 17.1. The molecule has 1 N–H and O–H groups in total. The lowest BCUT2D eigenvalue weighted by Gasteiger charge is -2.30. The minimum absolute atomic E-state index is 0.0266. The second-order valence-electron chi connectivity index (χ2n) is 8.58. The number of aliphatic hydroxyl groups is 1. The van der Waals surface area contributed by atoms with E-state index >= 15 is 0 Å². The van der Waals surface area contributed by atoms with Crippen LogP contribution in [0.1, 0.15) is 29.7 Å². The number of rotatable bonds is 10. The monoisotopic (exact) mass is 472 g/mol. The molecule has 0 bridgehead atoms. The van der Waals surface area contributed by atoms with Crippen molar-refractivity contribution in [1.29, 1.82) is 0 Å². The molecule has 3 atom stereocenters. The van der Waals surface area contributed by atoms with Gasteiger partial charge in [0, 0.05) is 5.92 Å². The molecule has 0 aromatic heterocycles. The van der Waals surface area contributed by atoms with Gasteiger partial charge in [-0.3, -0.25) is 0 Å². The zero-order valence-corrected chi connectivity index (χ0v) is 20.4. The van der Waals surface area contributed by atoms with Crippen LogP contribution >= 0.6 is 0 Å². The van der Waals surface area contributed by atoms with E-state index in [1.54, 1.807) is 14.2 Å². The van der Waals surface area contributed by atoms with Gasteiger partial charge in [0.2, 0.25) is 0 Å². The molecule has 0 saturated heterocycles. The fraction of sp³-hybridized carbons (Fsp3) is 0.267. The summed E-state index contributed by atoms with van der Waals surface area (Å²) in [5, 5.41) is 11.2. The molecule has 1 aliphatic rings. The summed E-state index contributed by atoms with van der Waals surface area (Å²) in [6, 6.07) is 25.5. The normalized spacial score (nSPS) is 18.3. The topological polar surface area (TPSA) is 57.2 Å². The Morgan fingerprint density at radius 1 is 0.800 bits per heavy atom. The predicted molar refractivity (Wildman–Crippen MR) is 136 cm³/mol. The number of methoxy groups -OCH3 is 2. The van der Waals surface area contributed by atoms with Crippen molar-refractivity contribution in [2.45, 2.75) is 32.3 Å². The summed E-state index contributed by atoms with van der Waals surface area (Å²) >= 11 is 0. The average Bonchev–Trinajstić information content (AvgIpc) is 2.91. The van der Waals surface area contributed by atoms with Crippen molar-refractivity contribution in [2.75, 3.05) is 14.2 Å². The van der Waals surface area contributed by atoms with Gasteiger partial charge in [0.1, 0.15) is 24.6 Å². The molecule has 1 aliphatic carbocycles. The molecule has 3 unspecified atom stereocenters. The molecule has 35 heavy (non-hydrogen) atoms. The first kappa shape index (κ1) is 24.6. The molecule has 0 saturated carbocycles. The van der Waals surface area contributed by atoms with Crippen LogP contribution in [0.5, 0.6) is 11.5 Å². The van der Waals surface area contributed by atoms with Gasteiger partial charge in [-0.05, 0) is 40.5 Å². The lowest BCUT2D eigenvalue weighted by Crippen LogP contribution is -2.27. The van der Waals surface area contributed by atoms with Crippen molar-refractivity contribution in [1.82, 2.24) is 0 Å². The zero-order valence-electron chi connectivity index (χ0n) is 20.4. The third kappa shape index (κ3) is 6.13. The number of hydrogen-bond acceptors (Lipinski definition) is 5. The minimum atomic E-state index is -0.838. The summed E-state index contributed by atoms with van der Waals surface area (Å²) in [6.07, 6.45) is 2.84. The first-order valence-corrected chi connectivity index (χ1v) is 11.7. The lowest BCUT2D eigenvalue weighted by molar-refractivity contribution is 0.00573. The molecule has 5 heteroatoms. The predicted octanol–water partition coefficient (Wildman–Crippen LogP) is 6.00. The van der Waals surface area contributed by atoms with E-state index in [1.165, 1.54) is 0 Å². The van der Waals surface area contributed by atoms with E-state index in [4.69, 9.17) is 18.9 Å². The number of aliphatic hydroxyl groups excluding tert-OH is 1. The van der Waals surface area contributed by atoms with Gasteiger partial charge in [0.05, 0.1) is 20.8 Å². The van der Waals surface area contributed by atoms with Gasteiger partial charge in [-0.2, -0.15) is 0 Å². The summed E-state index contributed by atoms with van der Waals surface area (Å²) < 4.78 is 23.3. The Bertz CT molecular complexity index is 1150. The fourth-order valence-corrected chi connectivity index (χ4v) is 4.19. The van der Waals surface area contributed by atoms with Gasteiger partial charge in [0.15, 0.2) is 11.5 Å². The second kappa shape index (κ2) is 11.7. The summed E-state index contributed by atoms with van der Waals surface area (Å²) in [4.78, 5) is 0. The van der Waals surface area contributed by atoms with Crippen molar-refractivity contribution in [3.63, 3.8) is 0 Å². The summed E-state index contributed by atoms with van der Waals surface area (Å²) in [5.74, 6) is 1.92. The van der Waals surface area contributed by atoms with Gasteiger partial charge < -0.3 is 24.1 Å². The van der Waals surface area contributed by atoms with Gasteiger partial charge >= 0.3 is 0 Å². The molecule has 0 fully saturated rings. The van der Waals surface area contributed by atoms with Crippen LogP contribution in [0.4, 0.5) is 0 Å². The molecule has 5 nitrogen and oxygen atoms in total. The van der Waals surface area contributed by atoms with Crippen molar-refractivity contribution < 1.29 is 24.1 Å². The van der Waals surface area contributed by atoms with E-state index in [-0.39, 0.29) is 12.0 Å². The van der Waals surface area contributed by atoms with E-state index in [9.17, 15) is 5.11 Å². The molecule has 0 amide bonds. The highest BCUT2D eigenvalue weighted by atomic mass is 16.5. The maximum atomic E-state index is 11.2. The highest BCUT2D eigenvalue weighted by molar-refractivity contribution is 5.47. The van der Waals surface area contributed by atoms with Gasteiger partial charge in [-0.1, -0.05) is 79.7 Å². The Labute approximate surface area is 207 Å². The molecule has 4 rings (SSSR count). The fourth-order valence-electron chi connectivity index (χ4n) is 4.19. The van der Waals surface area contributed by atoms with Gasteiger partial charge in [-0.25, -0.2) is 0 Å². The van der Waals surface area contributed by atoms with Crippen LogP contribution in [0.25, 0.3) is 0 Å². The Hall–Kier alpha value is -3.54. The van der Waals surface area contributed by atoms with Crippen molar-refractivity contribution in [3.8, 4) is 11.5 Å². The molecule has 3 aromatic carbocycles. The van der Waals surface area contributed by atoms with Gasteiger partial charge in [0.25, 0.3) is 0 Å². The second-order valence-corrected chi connectivity index (χ2v) is 8.58. The third-order valence-electron chi connectivity index (χ3n) is 6.09. The molecule has 3 aromatic rings. The van der Waals surface area contributed by atoms with Crippen LogP contribution in [-0.2, 0) is 22.7 Å². The maximum Gasteiger partial charge on any atom is 0.161 e.